The number of halogens is 1. The number of benzene rings is 2. The van der Waals surface area contributed by atoms with Crippen molar-refractivity contribution in [1.29, 1.82) is 0 Å². The quantitative estimate of drug-likeness (QED) is 0.0640. The molecular weight excluding hydrogens is 754 g/mol. The summed E-state index contributed by atoms with van der Waals surface area (Å²) >= 11 is 3.59. The summed E-state index contributed by atoms with van der Waals surface area (Å²) in [5.41, 5.74) is 1.64. The van der Waals surface area contributed by atoms with Crippen LogP contribution >= 0.6 is 15.9 Å². The predicted molar refractivity (Wildman–Crippen MR) is 202 cm³/mol. The Morgan fingerprint density at radius 2 is 1.71 bits per heavy atom. The van der Waals surface area contributed by atoms with Crippen molar-refractivity contribution in [2.24, 2.45) is 0 Å². The molecule has 0 spiro atoms. The third kappa shape index (κ3) is 14.3. The molecule has 1 unspecified atom stereocenters. The second-order valence-electron chi connectivity index (χ2n) is 14.1. The molecule has 3 aromatic rings. The van der Waals surface area contributed by atoms with Gasteiger partial charge >= 0.3 is 24.2 Å². The highest BCUT2D eigenvalue weighted by atomic mass is 79.9. The van der Waals surface area contributed by atoms with Crippen LogP contribution in [-0.2, 0) is 41.8 Å². The average molecular weight is 805 g/mol. The molecule has 2 aromatic carbocycles. The summed E-state index contributed by atoms with van der Waals surface area (Å²) in [5.74, 6) is -0.162. The smallest absolute Gasteiger partial charge is 0.411 e. The van der Waals surface area contributed by atoms with E-state index in [1.54, 1.807) is 49.7 Å². The normalized spacial score (nSPS) is 12.0. The molecule has 2 N–H and O–H groups in total. The van der Waals surface area contributed by atoms with Crippen molar-refractivity contribution in [1.82, 2.24) is 19.8 Å². The monoisotopic (exact) mass is 803 g/mol. The van der Waals surface area contributed by atoms with E-state index < -0.39 is 44.0 Å². The topological polar surface area (TPSA) is 160 Å². The third-order valence-corrected chi connectivity index (χ3v) is 9.76. The number of nitrogens with zero attached hydrogens (tertiary/aromatic N) is 3. The molecular formula is C36H50BrN5O9Si. The zero-order valence-electron chi connectivity index (χ0n) is 31.1. The standard InChI is InChI=1S/C36H50BrN5O9Si/c1-36(2,3)51-35(46)41(17-16-31(43)47-4)22-30(40-34(45)50-23-25-12-10-9-11-13-25)32-39-29(21-42(32)24-49-18-19-52(6,7)8)27-15-14-26(20-28(27)37)38-33(44)48-5/h9-15,20-21,30H,16-19,22-24H2,1-8H3,(H,38,44)(H,40,45). The van der Waals surface area contributed by atoms with Crippen LogP contribution in [0.25, 0.3) is 11.3 Å². The fourth-order valence-corrected chi connectivity index (χ4v) is 6.02. The maximum atomic E-state index is 13.5. The van der Waals surface area contributed by atoms with E-state index in [1.165, 1.54) is 19.1 Å². The van der Waals surface area contributed by atoms with E-state index in [9.17, 15) is 19.2 Å². The largest absolute Gasteiger partial charge is 0.469 e. The molecule has 0 aliphatic heterocycles. The highest BCUT2D eigenvalue weighted by molar-refractivity contribution is 9.10. The summed E-state index contributed by atoms with van der Waals surface area (Å²) in [6.45, 7) is 12.4. The lowest BCUT2D eigenvalue weighted by molar-refractivity contribution is -0.140. The number of anilines is 1. The van der Waals surface area contributed by atoms with Gasteiger partial charge in [0.2, 0.25) is 0 Å². The van der Waals surface area contributed by atoms with Crippen molar-refractivity contribution >= 4 is 53.9 Å². The van der Waals surface area contributed by atoms with E-state index in [-0.39, 0.29) is 32.8 Å². The molecule has 0 saturated heterocycles. The Morgan fingerprint density at radius 3 is 2.33 bits per heavy atom. The summed E-state index contributed by atoms with van der Waals surface area (Å²) in [4.78, 5) is 57.2. The van der Waals surface area contributed by atoms with E-state index in [2.05, 4.69) is 46.2 Å². The van der Waals surface area contributed by atoms with Crippen LogP contribution in [0.15, 0.2) is 59.2 Å². The lowest BCUT2D eigenvalue weighted by Gasteiger charge is -2.30. The van der Waals surface area contributed by atoms with Gasteiger partial charge in [-0.25, -0.2) is 19.4 Å². The number of carbonyl (C=O) groups excluding carboxylic acids is 4. The fraction of sp³-hybridized carbons (Fsp3) is 0.472. The number of esters is 1. The number of carbonyl (C=O) groups is 4. The summed E-state index contributed by atoms with van der Waals surface area (Å²) in [7, 11) is 1.14. The van der Waals surface area contributed by atoms with Crippen LogP contribution in [-0.4, -0.2) is 86.3 Å². The van der Waals surface area contributed by atoms with Crippen LogP contribution in [0.1, 0.15) is 44.6 Å². The molecule has 14 nitrogen and oxygen atoms in total. The number of aromatic nitrogens is 2. The summed E-state index contributed by atoms with van der Waals surface area (Å²) in [6.07, 6.45) is -0.382. The zero-order chi connectivity index (χ0) is 38.5. The number of imidazole rings is 1. The molecule has 16 heteroatoms. The number of methoxy groups -OCH3 is 2. The van der Waals surface area contributed by atoms with Gasteiger partial charge in [0.05, 0.1) is 32.9 Å². The molecule has 0 fully saturated rings. The predicted octanol–water partition coefficient (Wildman–Crippen LogP) is 7.57. The third-order valence-electron chi connectivity index (χ3n) is 7.40. The molecule has 284 valence electrons. The number of hydrogen-bond acceptors (Lipinski definition) is 10. The van der Waals surface area contributed by atoms with E-state index in [1.807, 2.05) is 30.3 Å². The second kappa shape index (κ2) is 19.4. The van der Waals surface area contributed by atoms with Gasteiger partial charge in [0.25, 0.3) is 0 Å². The fourth-order valence-electron chi connectivity index (χ4n) is 4.68. The molecule has 0 bridgehead atoms. The Labute approximate surface area is 314 Å². The maximum Gasteiger partial charge on any atom is 0.411 e. The Balaban J connectivity index is 2.07. The van der Waals surface area contributed by atoms with Gasteiger partial charge in [-0.2, -0.15) is 0 Å². The van der Waals surface area contributed by atoms with Gasteiger partial charge in [-0.3, -0.25) is 10.1 Å². The van der Waals surface area contributed by atoms with Crippen LogP contribution in [0.2, 0.25) is 25.7 Å². The second-order valence-corrected chi connectivity index (χ2v) is 20.6. The van der Waals surface area contributed by atoms with E-state index in [4.69, 9.17) is 28.7 Å². The highest BCUT2D eigenvalue weighted by Crippen LogP contribution is 2.32. The first-order valence-corrected chi connectivity index (χ1v) is 21.3. The minimum atomic E-state index is -1.41. The molecule has 3 rings (SSSR count). The lowest BCUT2D eigenvalue weighted by atomic mass is 10.1. The van der Waals surface area contributed by atoms with Crippen molar-refractivity contribution in [3.63, 3.8) is 0 Å². The Bertz CT molecular complexity index is 1660. The molecule has 0 radical (unpaired) electrons. The Kier molecular flexibility index (Phi) is 15.7. The van der Waals surface area contributed by atoms with Gasteiger partial charge in [0, 0.05) is 43.1 Å². The van der Waals surface area contributed by atoms with Gasteiger partial charge in [-0.1, -0.05) is 65.9 Å². The summed E-state index contributed by atoms with van der Waals surface area (Å²) in [6, 6.07) is 14.4. The van der Waals surface area contributed by atoms with E-state index in [0.29, 0.717) is 33.8 Å². The van der Waals surface area contributed by atoms with Crippen molar-refractivity contribution in [3.05, 3.63) is 70.6 Å². The molecule has 52 heavy (non-hydrogen) atoms. The number of nitrogens with one attached hydrogen (secondary N) is 2. The Hall–Kier alpha value is -4.41. The molecule has 1 aromatic heterocycles. The molecule has 3 amide bonds. The van der Waals surface area contributed by atoms with Crippen molar-refractivity contribution in [2.75, 3.05) is 39.2 Å². The molecule has 1 heterocycles. The molecule has 0 saturated carbocycles. The highest BCUT2D eigenvalue weighted by Gasteiger charge is 2.30. The number of hydrogen-bond donors (Lipinski definition) is 2. The average Bonchev–Trinajstić information content (AvgIpc) is 3.49. The maximum absolute atomic E-state index is 13.5. The number of rotatable bonds is 16. The minimum absolute atomic E-state index is 0.00983. The summed E-state index contributed by atoms with van der Waals surface area (Å²) < 4.78 is 29.3. The van der Waals surface area contributed by atoms with Crippen molar-refractivity contribution < 1.29 is 42.9 Å². The van der Waals surface area contributed by atoms with Crippen LogP contribution in [0, 0.1) is 0 Å². The van der Waals surface area contributed by atoms with Crippen LogP contribution < -0.4 is 10.6 Å². The number of alkyl carbamates (subject to hydrolysis) is 1. The van der Waals surface area contributed by atoms with Crippen LogP contribution in [0.3, 0.4) is 0 Å². The van der Waals surface area contributed by atoms with E-state index >= 15 is 0 Å². The lowest BCUT2D eigenvalue weighted by Crippen LogP contribution is -2.44. The van der Waals surface area contributed by atoms with Gasteiger partial charge < -0.3 is 38.5 Å². The van der Waals surface area contributed by atoms with Crippen molar-refractivity contribution in [2.45, 2.75) is 77.9 Å². The van der Waals surface area contributed by atoms with Crippen LogP contribution in [0.4, 0.5) is 20.1 Å². The van der Waals surface area contributed by atoms with Gasteiger partial charge in [-0.15, -0.1) is 0 Å². The Morgan fingerprint density at radius 1 is 1.00 bits per heavy atom. The first kappa shape index (κ1) is 42.0. The van der Waals surface area contributed by atoms with Gasteiger partial charge in [0.1, 0.15) is 30.8 Å². The minimum Gasteiger partial charge on any atom is -0.469 e. The summed E-state index contributed by atoms with van der Waals surface area (Å²) in [5, 5.41) is 5.53. The number of amides is 3. The van der Waals surface area contributed by atoms with Gasteiger partial charge in [0.15, 0.2) is 0 Å². The number of ether oxygens (including phenoxy) is 5. The molecule has 0 aliphatic carbocycles. The van der Waals surface area contributed by atoms with E-state index in [0.717, 1.165) is 11.6 Å². The van der Waals surface area contributed by atoms with Gasteiger partial charge in [-0.05, 0) is 50.6 Å². The molecule has 1 atom stereocenters. The van der Waals surface area contributed by atoms with Crippen LogP contribution in [0.5, 0.6) is 0 Å². The first-order chi connectivity index (χ1) is 24.5. The van der Waals surface area contributed by atoms with Crippen molar-refractivity contribution in [3.8, 4) is 11.3 Å². The zero-order valence-corrected chi connectivity index (χ0v) is 33.7. The molecule has 0 aliphatic rings. The SMILES string of the molecule is COC(=O)CCN(CC(NC(=O)OCc1ccccc1)c1nc(-c2ccc(NC(=O)OC)cc2Br)cn1COCC[Si](C)(C)C)C(=O)OC(C)(C)C. The first-order valence-electron chi connectivity index (χ1n) is 16.8.